The van der Waals surface area contributed by atoms with Crippen LogP contribution >= 0.6 is 11.6 Å². The smallest absolute Gasteiger partial charge is 0.411 e. The molecular formula is C9H11ClN2O2. The number of aromatic nitrogens is 1. The summed E-state index contributed by atoms with van der Waals surface area (Å²) in [5, 5.41) is 8.86. The fourth-order valence-corrected chi connectivity index (χ4v) is 1.27. The highest BCUT2D eigenvalue weighted by atomic mass is 35.5. The summed E-state index contributed by atoms with van der Waals surface area (Å²) >= 11 is 5.62. The lowest BCUT2D eigenvalue weighted by atomic mass is 10.3. The normalized spacial score (nSPS) is 9.86. The van der Waals surface area contributed by atoms with Crippen LogP contribution in [-0.2, 0) is 5.88 Å². The van der Waals surface area contributed by atoms with E-state index in [1.165, 1.54) is 11.1 Å². The number of anilines is 1. The minimum absolute atomic E-state index is 0.331. The molecular weight excluding hydrogens is 204 g/mol. The van der Waals surface area contributed by atoms with Gasteiger partial charge in [0.2, 0.25) is 0 Å². The highest BCUT2D eigenvalue weighted by Crippen LogP contribution is 2.15. The maximum Gasteiger partial charge on any atom is 0.411 e. The Morgan fingerprint density at radius 1 is 1.64 bits per heavy atom. The van der Waals surface area contributed by atoms with Gasteiger partial charge in [-0.25, -0.2) is 4.79 Å². The second-order valence-corrected chi connectivity index (χ2v) is 2.98. The van der Waals surface area contributed by atoms with E-state index < -0.39 is 6.09 Å². The number of hydrogen-bond donors (Lipinski definition) is 1. The molecule has 0 aliphatic carbocycles. The monoisotopic (exact) mass is 214 g/mol. The molecule has 0 spiro atoms. The molecule has 0 bridgehead atoms. The van der Waals surface area contributed by atoms with Gasteiger partial charge in [-0.2, -0.15) is 0 Å². The molecule has 0 fully saturated rings. The van der Waals surface area contributed by atoms with Crippen molar-refractivity contribution < 1.29 is 9.90 Å². The zero-order chi connectivity index (χ0) is 10.6. The average molecular weight is 215 g/mol. The van der Waals surface area contributed by atoms with E-state index in [9.17, 15) is 4.79 Å². The number of pyridine rings is 1. The van der Waals surface area contributed by atoms with Crippen LogP contribution in [0.2, 0.25) is 0 Å². The predicted molar refractivity (Wildman–Crippen MR) is 54.8 cm³/mol. The van der Waals surface area contributed by atoms with E-state index in [2.05, 4.69) is 4.98 Å². The summed E-state index contributed by atoms with van der Waals surface area (Å²) < 4.78 is 0. The quantitative estimate of drug-likeness (QED) is 0.786. The number of rotatable bonds is 3. The van der Waals surface area contributed by atoms with Crippen LogP contribution in [0, 0.1) is 0 Å². The molecule has 1 amide bonds. The summed E-state index contributed by atoms with van der Waals surface area (Å²) in [5.41, 5.74) is 1.36. The molecule has 0 aliphatic heterocycles. The Labute approximate surface area is 87.1 Å². The van der Waals surface area contributed by atoms with E-state index >= 15 is 0 Å². The first-order chi connectivity index (χ1) is 6.69. The molecule has 0 unspecified atom stereocenters. The lowest BCUT2D eigenvalue weighted by molar-refractivity contribution is 0.202. The fraction of sp³-hybridized carbons (Fsp3) is 0.333. The third-order valence-electron chi connectivity index (χ3n) is 1.79. The number of carbonyl (C=O) groups is 1. The van der Waals surface area contributed by atoms with Crippen molar-refractivity contribution in [2.45, 2.75) is 12.8 Å². The number of hydrogen-bond acceptors (Lipinski definition) is 2. The molecule has 4 nitrogen and oxygen atoms in total. The number of nitrogens with zero attached hydrogens (tertiary/aromatic N) is 2. The SMILES string of the molecule is CCN(C(=O)O)c1cncc(CCl)c1. The molecule has 0 radical (unpaired) electrons. The highest BCUT2D eigenvalue weighted by molar-refractivity contribution is 6.17. The second kappa shape index (κ2) is 4.81. The minimum atomic E-state index is -0.985. The van der Waals surface area contributed by atoms with E-state index in [1.807, 2.05) is 0 Å². The molecule has 1 rings (SSSR count). The summed E-state index contributed by atoms with van der Waals surface area (Å²) in [7, 11) is 0. The largest absolute Gasteiger partial charge is 0.465 e. The van der Waals surface area contributed by atoms with Crippen molar-refractivity contribution in [1.29, 1.82) is 0 Å². The fourth-order valence-electron chi connectivity index (χ4n) is 1.12. The Bertz CT molecular complexity index is 330. The van der Waals surface area contributed by atoms with Crippen molar-refractivity contribution in [2.24, 2.45) is 0 Å². The summed E-state index contributed by atoms with van der Waals surface area (Å²) in [6, 6.07) is 1.72. The van der Waals surface area contributed by atoms with Crippen LogP contribution in [0.3, 0.4) is 0 Å². The number of halogens is 1. The minimum Gasteiger partial charge on any atom is -0.465 e. The first kappa shape index (κ1) is 10.8. The van der Waals surface area contributed by atoms with E-state index in [-0.39, 0.29) is 0 Å². The van der Waals surface area contributed by atoms with Crippen LogP contribution in [0.15, 0.2) is 18.5 Å². The molecule has 0 atom stereocenters. The molecule has 1 aromatic heterocycles. The van der Waals surface area contributed by atoms with Crippen LogP contribution in [0.25, 0.3) is 0 Å². The Balaban J connectivity index is 2.98. The van der Waals surface area contributed by atoms with E-state index in [1.54, 1.807) is 19.2 Å². The van der Waals surface area contributed by atoms with Gasteiger partial charge in [0.15, 0.2) is 0 Å². The van der Waals surface area contributed by atoms with Crippen LogP contribution in [0.4, 0.5) is 10.5 Å². The van der Waals surface area contributed by atoms with Gasteiger partial charge >= 0.3 is 6.09 Å². The summed E-state index contributed by atoms with van der Waals surface area (Å²) in [6.45, 7) is 2.16. The molecule has 0 aliphatic rings. The molecule has 5 heteroatoms. The molecule has 14 heavy (non-hydrogen) atoms. The number of amides is 1. The maximum atomic E-state index is 10.8. The van der Waals surface area contributed by atoms with Crippen molar-refractivity contribution in [3.63, 3.8) is 0 Å². The van der Waals surface area contributed by atoms with Crippen molar-refractivity contribution in [2.75, 3.05) is 11.4 Å². The van der Waals surface area contributed by atoms with Crippen molar-refractivity contribution in [3.8, 4) is 0 Å². The van der Waals surface area contributed by atoms with Crippen LogP contribution in [-0.4, -0.2) is 22.7 Å². The van der Waals surface area contributed by atoms with Crippen molar-refractivity contribution in [3.05, 3.63) is 24.0 Å². The summed E-state index contributed by atoms with van der Waals surface area (Å²) in [4.78, 5) is 15.9. The van der Waals surface area contributed by atoms with Gasteiger partial charge in [0.1, 0.15) is 0 Å². The van der Waals surface area contributed by atoms with Crippen LogP contribution < -0.4 is 4.90 Å². The van der Waals surface area contributed by atoms with Gasteiger partial charge < -0.3 is 5.11 Å². The van der Waals surface area contributed by atoms with Crippen LogP contribution in [0.1, 0.15) is 12.5 Å². The third kappa shape index (κ3) is 2.35. The summed E-state index contributed by atoms with van der Waals surface area (Å²) in [6.07, 6.45) is 2.14. The lowest BCUT2D eigenvalue weighted by Gasteiger charge is -2.16. The van der Waals surface area contributed by atoms with Crippen LogP contribution in [0.5, 0.6) is 0 Å². The van der Waals surface area contributed by atoms with Crippen molar-refractivity contribution in [1.82, 2.24) is 4.98 Å². The first-order valence-electron chi connectivity index (χ1n) is 4.19. The van der Waals surface area contributed by atoms with E-state index in [0.717, 1.165) is 5.56 Å². The van der Waals surface area contributed by atoms with E-state index in [4.69, 9.17) is 16.7 Å². The van der Waals surface area contributed by atoms with Gasteiger partial charge in [-0.1, -0.05) is 0 Å². The van der Waals surface area contributed by atoms with Gasteiger partial charge in [-0.05, 0) is 18.6 Å². The highest BCUT2D eigenvalue weighted by Gasteiger charge is 2.12. The Hall–Kier alpha value is -1.29. The van der Waals surface area contributed by atoms with E-state index in [0.29, 0.717) is 18.1 Å². The predicted octanol–water partition coefficient (Wildman–Crippen LogP) is 2.32. The molecule has 1 N–H and O–H groups in total. The Morgan fingerprint density at radius 2 is 2.36 bits per heavy atom. The van der Waals surface area contributed by atoms with Gasteiger partial charge in [0, 0.05) is 18.6 Å². The van der Waals surface area contributed by atoms with Gasteiger partial charge in [0.25, 0.3) is 0 Å². The lowest BCUT2D eigenvalue weighted by Crippen LogP contribution is -2.28. The zero-order valence-electron chi connectivity index (χ0n) is 7.77. The summed E-state index contributed by atoms with van der Waals surface area (Å²) in [5.74, 6) is 0.331. The molecule has 76 valence electrons. The first-order valence-corrected chi connectivity index (χ1v) is 4.72. The Kier molecular flexibility index (Phi) is 3.71. The maximum absolute atomic E-state index is 10.8. The third-order valence-corrected chi connectivity index (χ3v) is 2.10. The Morgan fingerprint density at radius 3 is 2.86 bits per heavy atom. The molecule has 1 heterocycles. The van der Waals surface area contributed by atoms with Gasteiger partial charge in [0.05, 0.1) is 11.9 Å². The van der Waals surface area contributed by atoms with Gasteiger partial charge in [-0.3, -0.25) is 9.88 Å². The number of alkyl halides is 1. The molecule has 0 saturated carbocycles. The molecule has 0 saturated heterocycles. The number of carboxylic acid groups (broad SMARTS) is 1. The zero-order valence-corrected chi connectivity index (χ0v) is 8.53. The molecule has 1 aromatic rings. The second-order valence-electron chi connectivity index (χ2n) is 2.71. The topological polar surface area (TPSA) is 53.4 Å². The van der Waals surface area contributed by atoms with Crippen molar-refractivity contribution >= 4 is 23.4 Å². The standard InChI is InChI=1S/C9H11ClN2O2/c1-2-12(9(13)14)8-3-7(4-10)5-11-6-8/h3,5-6H,2,4H2,1H3,(H,13,14). The molecule has 0 aromatic carbocycles. The average Bonchev–Trinajstić information content (AvgIpc) is 2.19. The van der Waals surface area contributed by atoms with Gasteiger partial charge in [-0.15, -0.1) is 11.6 Å².